The average molecular weight is 165 g/mol. The van der Waals surface area contributed by atoms with Crippen LogP contribution in [0.4, 0.5) is 0 Å². The Morgan fingerprint density at radius 2 is 1.27 bits per heavy atom. The molecule has 0 atom stereocenters. The minimum atomic E-state index is 0.462. The minimum absolute atomic E-state index is 0.462. The first kappa shape index (κ1) is 10.8. The maximum atomic E-state index is 4.77. The smallest absolute Gasteiger partial charge is 0.0942 e. The van der Waals surface area contributed by atoms with Gasteiger partial charge in [-0.05, 0) is 0 Å². The van der Waals surface area contributed by atoms with Crippen LogP contribution >= 0.6 is 0 Å². The zero-order valence-corrected chi connectivity index (χ0v) is 6.96. The summed E-state index contributed by atoms with van der Waals surface area (Å²) in [5.41, 5.74) is 2.30. The van der Waals surface area contributed by atoms with E-state index in [1.165, 1.54) is 0 Å². The molecule has 11 heavy (non-hydrogen) atoms. The van der Waals surface area contributed by atoms with Gasteiger partial charge in [0.2, 0.25) is 0 Å². The summed E-state index contributed by atoms with van der Waals surface area (Å²) in [5.74, 6) is 0. The number of hydrogen-bond donors (Lipinski definition) is 1. The lowest BCUT2D eigenvalue weighted by Gasteiger charge is -2.04. The molecule has 0 saturated carbocycles. The van der Waals surface area contributed by atoms with Crippen molar-refractivity contribution >= 4 is 0 Å². The van der Waals surface area contributed by atoms with Crippen molar-refractivity contribution in [1.82, 2.24) is 5.64 Å². The molecule has 0 aliphatic carbocycles. The van der Waals surface area contributed by atoms with Crippen LogP contribution in [-0.2, 0) is 19.1 Å². The Bertz CT molecular complexity index is 63.6. The van der Waals surface area contributed by atoms with Gasteiger partial charge in [-0.15, -0.1) is 0 Å². The Morgan fingerprint density at radius 1 is 0.818 bits per heavy atom. The normalized spacial score (nSPS) is 10.4. The van der Waals surface area contributed by atoms with Crippen LogP contribution in [0.15, 0.2) is 0 Å². The third-order valence-corrected chi connectivity index (χ3v) is 0.897. The Morgan fingerprint density at radius 3 is 1.64 bits per heavy atom. The van der Waals surface area contributed by atoms with Gasteiger partial charge >= 0.3 is 0 Å². The first-order valence-electron chi connectivity index (χ1n) is 3.38. The number of nitrogens with one attached hydrogen (secondary N) is 1. The monoisotopic (exact) mass is 165 g/mol. The van der Waals surface area contributed by atoms with Gasteiger partial charge in [0.25, 0.3) is 0 Å². The highest BCUT2D eigenvalue weighted by atomic mass is 16.9. The highest BCUT2D eigenvalue weighted by Crippen LogP contribution is 1.73. The van der Waals surface area contributed by atoms with E-state index in [2.05, 4.69) is 5.64 Å². The molecule has 5 heteroatoms. The summed E-state index contributed by atoms with van der Waals surface area (Å²) in [6, 6.07) is 0. The second-order valence-corrected chi connectivity index (χ2v) is 1.77. The van der Waals surface area contributed by atoms with Crippen molar-refractivity contribution in [1.29, 1.82) is 0 Å². The summed E-state index contributed by atoms with van der Waals surface area (Å²) in [6.45, 7) is 2.01. The summed E-state index contributed by atoms with van der Waals surface area (Å²) < 4.78 is 9.45. The molecule has 0 bridgehead atoms. The van der Waals surface area contributed by atoms with E-state index in [0.29, 0.717) is 26.4 Å². The lowest BCUT2D eigenvalue weighted by atomic mass is 10.8. The summed E-state index contributed by atoms with van der Waals surface area (Å²) in [4.78, 5) is 9.54. The molecule has 0 aliphatic heterocycles. The van der Waals surface area contributed by atoms with Crippen LogP contribution in [0.1, 0.15) is 0 Å². The molecule has 0 aromatic carbocycles. The predicted molar refractivity (Wildman–Crippen MR) is 38.8 cm³/mol. The Balaban J connectivity index is 2.69. The lowest BCUT2D eigenvalue weighted by molar-refractivity contribution is -0.181. The van der Waals surface area contributed by atoms with Crippen LogP contribution in [0.3, 0.4) is 0 Å². The van der Waals surface area contributed by atoms with Gasteiger partial charge in [0.05, 0.1) is 26.4 Å². The van der Waals surface area contributed by atoms with Gasteiger partial charge in [0, 0.05) is 14.2 Å². The van der Waals surface area contributed by atoms with Gasteiger partial charge in [-0.25, -0.2) is 0 Å². The molecule has 68 valence electrons. The molecule has 0 fully saturated rings. The summed E-state index contributed by atoms with van der Waals surface area (Å²) in [5, 5.41) is 0. The maximum absolute atomic E-state index is 4.77. The molecule has 0 unspecified atom stereocenters. The van der Waals surface area contributed by atoms with Crippen molar-refractivity contribution in [3.05, 3.63) is 0 Å². The average Bonchev–Trinajstić information content (AvgIpc) is 2.03. The Kier molecular flexibility index (Phi) is 9.62. The number of rotatable bonds is 8. The first-order valence-corrected chi connectivity index (χ1v) is 3.38. The van der Waals surface area contributed by atoms with Crippen LogP contribution in [0, 0.1) is 0 Å². The van der Waals surface area contributed by atoms with E-state index in [1.807, 2.05) is 0 Å². The second-order valence-electron chi connectivity index (χ2n) is 1.77. The van der Waals surface area contributed by atoms with E-state index in [-0.39, 0.29) is 0 Å². The Labute approximate surface area is 66.5 Å². The van der Waals surface area contributed by atoms with E-state index in [1.54, 1.807) is 14.2 Å². The van der Waals surface area contributed by atoms with Gasteiger partial charge < -0.3 is 9.47 Å². The topological polar surface area (TPSA) is 49.0 Å². The van der Waals surface area contributed by atoms with Crippen LogP contribution in [0.25, 0.3) is 0 Å². The molecule has 0 heterocycles. The molecule has 0 aliphatic rings. The molecule has 0 aromatic rings. The second kappa shape index (κ2) is 9.80. The van der Waals surface area contributed by atoms with Crippen LogP contribution in [-0.4, -0.2) is 40.6 Å². The molecule has 0 aromatic heterocycles. The summed E-state index contributed by atoms with van der Waals surface area (Å²) in [6.07, 6.45) is 0. The standard InChI is InChI=1S/C6H15NO4/c1-8-3-5-10-7-11-6-4-9-2/h7H,3-6H2,1-2H3. The maximum Gasteiger partial charge on any atom is 0.0942 e. The summed E-state index contributed by atoms with van der Waals surface area (Å²) >= 11 is 0. The van der Waals surface area contributed by atoms with E-state index in [0.717, 1.165) is 0 Å². The predicted octanol–water partition coefficient (Wildman–Crippen LogP) is -0.268. The highest BCUT2D eigenvalue weighted by molar-refractivity contribution is 4.20. The Hall–Kier alpha value is -0.200. The molecular weight excluding hydrogens is 150 g/mol. The minimum Gasteiger partial charge on any atom is -0.382 e. The third kappa shape index (κ3) is 9.80. The molecule has 0 amide bonds. The zero-order valence-electron chi connectivity index (χ0n) is 6.96. The van der Waals surface area contributed by atoms with Crippen molar-refractivity contribution in [3.8, 4) is 0 Å². The number of hydrogen-bond acceptors (Lipinski definition) is 5. The van der Waals surface area contributed by atoms with Crippen molar-refractivity contribution in [2.24, 2.45) is 0 Å². The van der Waals surface area contributed by atoms with Gasteiger partial charge in [-0.1, -0.05) is 5.64 Å². The number of methoxy groups -OCH3 is 2. The van der Waals surface area contributed by atoms with Crippen LogP contribution in [0.5, 0.6) is 0 Å². The van der Waals surface area contributed by atoms with Crippen molar-refractivity contribution in [2.45, 2.75) is 0 Å². The van der Waals surface area contributed by atoms with Crippen LogP contribution < -0.4 is 5.64 Å². The summed E-state index contributed by atoms with van der Waals surface area (Å²) in [7, 11) is 3.21. The zero-order chi connectivity index (χ0) is 8.36. The molecule has 0 saturated heterocycles. The van der Waals surface area contributed by atoms with E-state index in [4.69, 9.17) is 19.1 Å². The van der Waals surface area contributed by atoms with Gasteiger partial charge in [-0.2, -0.15) is 0 Å². The third-order valence-electron chi connectivity index (χ3n) is 0.897. The fraction of sp³-hybridized carbons (Fsp3) is 1.00. The number of ether oxygens (including phenoxy) is 2. The van der Waals surface area contributed by atoms with E-state index >= 15 is 0 Å². The van der Waals surface area contributed by atoms with Crippen molar-refractivity contribution in [2.75, 3.05) is 40.6 Å². The van der Waals surface area contributed by atoms with Gasteiger partial charge in [0.15, 0.2) is 0 Å². The van der Waals surface area contributed by atoms with Gasteiger partial charge in [-0.3, -0.25) is 9.68 Å². The molecule has 0 rings (SSSR count). The van der Waals surface area contributed by atoms with Gasteiger partial charge in [0.1, 0.15) is 0 Å². The van der Waals surface area contributed by atoms with E-state index in [9.17, 15) is 0 Å². The fourth-order valence-corrected chi connectivity index (χ4v) is 0.375. The van der Waals surface area contributed by atoms with Crippen molar-refractivity contribution in [3.63, 3.8) is 0 Å². The molecular formula is C6H15NO4. The molecule has 5 nitrogen and oxygen atoms in total. The molecule has 0 spiro atoms. The molecule has 1 N–H and O–H groups in total. The van der Waals surface area contributed by atoms with Crippen molar-refractivity contribution < 1.29 is 19.1 Å². The highest BCUT2D eigenvalue weighted by Gasteiger charge is 1.86. The fourth-order valence-electron chi connectivity index (χ4n) is 0.375. The first-order chi connectivity index (χ1) is 5.41. The van der Waals surface area contributed by atoms with Crippen LogP contribution in [0.2, 0.25) is 0 Å². The SMILES string of the molecule is COCCONOCCOC. The largest absolute Gasteiger partial charge is 0.382 e. The quantitative estimate of drug-likeness (QED) is 0.396. The van der Waals surface area contributed by atoms with E-state index < -0.39 is 0 Å². The lowest BCUT2D eigenvalue weighted by Crippen LogP contribution is -2.20. The molecule has 0 radical (unpaired) electrons.